The molecular formula is C59H38N4O. The van der Waals surface area contributed by atoms with E-state index in [1.807, 2.05) is 0 Å². The van der Waals surface area contributed by atoms with Crippen LogP contribution in [0.4, 0.5) is 0 Å². The van der Waals surface area contributed by atoms with Crippen LogP contribution in [0.1, 0.15) is 18.2 Å². The molecule has 0 bridgehead atoms. The second-order valence-electron chi connectivity index (χ2n) is 17.4. The topological polar surface area (TPSA) is 48.8 Å². The number of aromatic nitrogens is 4. The van der Waals surface area contributed by atoms with E-state index in [-0.39, 0.29) is 0 Å². The van der Waals surface area contributed by atoms with Gasteiger partial charge in [0.1, 0.15) is 11.3 Å². The Hall–Kier alpha value is -8.28. The summed E-state index contributed by atoms with van der Waals surface area (Å²) in [6.45, 7) is 2.26. The van der Waals surface area contributed by atoms with Crippen LogP contribution < -0.4 is 0 Å². The van der Waals surface area contributed by atoms with Gasteiger partial charge in [-0.3, -0.25) is 4.57 Å². The molecule has 64 heavy (non-hydrogen) atoms. The van der Waals surface area contributed by atoms with Crippen molar-refractivity contribution >= 4 is 93.1 Å². The van der Waals surface area contributed by atoms with Crippen LogP contribution in [0.2, 0.25) is 0 Å². The summed E-state index contributed by atoms with van der Waals surface area (Å²) in [6, 6.07) is 65.4. The highest BCUT2D eigenvalue weighted by Crippen LogP contribution is 2.48. The molecule has 0 saturated carbocycles. The molecule has 0 radical (unpaired) electrons. The number of allylic oxidation sites excluding steroid dienone is 1. The lowest BCUT2D eigenvalue weighted by Gasteiger charge is -2.14. The lowest BCUT2D eigenvalue weighted by molar-refractivity contribution is 0.514. The molecule has 4 heterocycles. The minimum absolute atomic E-state index is 0.367. The van der Waals surface area contributed by atoms with E-state index in [4.69, 9.17) is 14.4 Å². The molecule has 14 rings (SSSR count). The third-order valence-electron chi connectivity index (χ3n) is 13.6. The molecular weight excluding hydrogens is 781 g/mol. The monoisotopic (exact) mass is 818 g/mol. The van der Waals surface area contributed by atoms with E-state index in [0.717, 1.165) is 94.7 Å². The third kappa shape index (κ3) is 5.00. The summed E-state index contributed by atoms with van der Waals surface area (Å²) in [6.07, 6.45) is 5.45. The van der Waals surface area contributed by atoms with E-state index in [9.17, 15) is 0 Å². The number of hydrogen-bond donors (Lipinski definition) is 0. The van der Waals surface area contributed by atoms with Crippen LogP contribution in [0.3, 0.4) is 0 Å². The summed E-state index contributed by atoms with van der Waals surface area (Å²) in [7, 11) is 0. The van der Waals surface area contributed by atoms with Gasteiger partial charge in [-0.1, -0.05) is 153 Å². The molecule has 5 heteroatoms. The van der Waals surface area contributed by atoms with Gasteiger partial charge in [-0.2, -0.15) is 0 Å². The summed E-state index contributed by atoms with van der Waals surface area (Å²) in [5, 5.41) is 11.5. The third-order valence-corrected chi connectivity index (χ3v) is 13.6. The molecule has 0 N–H and O–H groups in total. The van der Waals surface area contributed by atoms with Crippen molar-refractivity contribution < 1.29 is 4.42 Å². The molecule has 300 valence electrons. The van der Waals surface area contributed by atoms with E-state index in [2.05, 4.69) is 210 Å². The second-order valence-corrected chi connectivity index (χ2v) is 17.4. The number of hydrogen-bond acceptors (Lipinski definition) is 3. The molecule has 0 amide bonds. The van der Waals surface area contributed by atoms with Crippen molar-refractivity contribution in [3.63, 3.8) is 0 Å². The van der Waals surface area contributed by atoms with Crippen LogP contribution in [-0.4, -0.2) is 19.1 Å². The van der Waals surface area contributed by atoms with Crippen molar-refractivity contribution in [1.82, 2.24) is 19.1 Å². The molecule has 0 aliphatic heterocycles. The zero-order chi connectivity index (χ0) is 42.0. The van der Waals surface area contributed by atoms with Crippen LogP contribution in [0.25, 0.3) is 127 Å². The van der Waals surface area contributed by atoms with Gasteiger partial charge in [0.15, 0.2) is 5.58 Å². The first kappa shape index (κ1) is 35.3. The maximum atomic E-state index is 7.21. The summed E-state index contributed by atoms with van der Waals surface area (Å²) in [5.41, 5.74) is 12.8. The Balaban J connectivity index is 1.08. The number of fused-ring (bicyclic) bond motifs is 16. The Morgan fingerprint density at radius 3 is 1.98 bits per heavy atom. The SMILES string of the molecule is CC1C=Cc2c(oc3c2c2cc(-c4ccc5c(c4)c4ccccc4n5-c4ccccc4)ccc2c2c4ccccc4n(-c4nc(-c5ccccc5)c5ccc6ccccc6c5n4)c32)C1. The van der Waals surface area contributed by atoms with Gasteiger partial charge < -0.3 is 8.98 Å². The second kappa shape index (κ2) is 13.4. The number of rotatable bonds is 4. The van der Waals surface area contributed by atoms with Gasteiger partial charge in [-0.25, -0.2) is 9.97 Å². The maximum absolute atomic E-state index is 7.21. The van der Waals surface area contributed by atoms with Crippen LogP contribution in [0, 0.1) is 5.92 Å². The molecule has 1 unspecified atom stereocenters. The Labute approximate surface area is 367 Å². The number of furan rings is 1. The van der Waals surface area contributed by atoms with Crippen molar-refractivity contribution in [2.24, 2.45) is 5.92 Å². The molecule has 1 aliphatic carbocycles. The van der Waals surface area contributed by atoms with Crippen molar-refractivity contribution in [3.8, 4) is 34.0 Å². The highest BCUT2D eigenvalue weighted by atomic mass is 16.3. The molecule has 1 atom stereocenters. The van der Waals surface area contributed by atoms with E-state index >= 15 is 0 Å². The fraction of sp³-hybridized carbons (Fsp3) is 0.0508. The normalized spacial score (nSPS) is 14.0. The summed E-state index contributed by atoms with van der Waals surface area (Å²) in [4.78, 5) is 11.0. The van der Waals surface area contributed by atoms with E-state index < -0.39 is 0 Å². The average Bonchev–Trinajstić information content (AvgIpc) is 4.02. The zero-order valence-corrected chi connectivity index (χ0v) is 35.0. The molecule has 9 aromatic carbocycles. The fourth-order valence-electron chi connectivity index (χ4n) is 10.7. The van der Waals surface area contributed by atoms with Gasteiger partial charge in [-0.15, -0.1) is 0 Å². The van der Waals surface area contributed by atoms with Crippen LogP contribution in [0.5, 0.6) is 0 Å². The van der Waals surface area contributed by atoms with Crippen molar-refractivity contribution in [2.45, 2.75) is 13.3 Å². The molecule has 4 aromatic heterocycles. The smallest absolute Gasteiger partial charge is 0.235 e. The maximum Gasteiger partial charge on any atom is 0.235 e. The highest BCUT2D eigenvalue weighted by Gasteiger charge is 2.28. The Bertz CT molecular complexity index is 4110. The molecule has 0 fully saturated rings. The van der Waals surface area contributed by atoms with E-state index in [0.29, 0.717) is 11.9 Å². The summed E-state index contributed by atoms with van der Waals surface area (Å²) >= 11 is 0. The quantitative estimate of drug-likeness (QED) is 0.166. The van der Waals surface area contributed by atoms with Gasteiger partial charge >= 0.3 is 0 Å². The first-order valence-corrected chi connectivity index (χ1v) is 22.1. The molecule has 13 aromatic rings. The van der Waals surface area contributed by atoms with Crippen molar-refractivity contribution in [2.75, 3.05) is 0 Å². The molecule has 0 spiro atoms. The zero-order valence-electron chi connectivity index (χ0n) is 35.0. The van der Waals surface area contributed by atoms with Crippen LogP contribution in [-0.2, 0) is 6.42 Å². The molecule has 0 saturated heterocycles. The highest BCUT2D eigenvalue weighted by molar-refractivity contribution is 6.32. The van der Waals surface area contributed by atoms with Gasteiger partial charge in [0, 0.05) is 60.9 Å². The fourth-order valence-corrected chi connectivity index (χ4v) is 10.7. The van der Waals surface area contributed by atoms with Crippen molar-refractivity contribution in [1.29, 1.82) is 0 Å². The first-order valence-electron chi connectivity index (χ1n) is 22.1. The summed E-state index contributed by atoms with van der Waals surface area (Å²) in [5.74, 6) is 2.01. The Morgan fingerprint density at radius 2 is 1.16 bits per heavy atom. The minimum Gasteiger partial charge on any atom is -0.458 e. The Morgan fingerprint density at radius 1 is 0.500 bits per heavy atom. The predicted molar refractivity (Wildman–Crippen MR) is 266 cm³/mol. The van der Waals surface area contributed by atoms with Gasteiger partial charge in [0.05, 0.1) is 27.8 Å². The average molecular weight is 819 g/mol. The van der Waals surface area contributed by atoms with Crippen LogP contribution in [0.15, 0.2) is 192 Å². The number of para-hydroxylation sites is 3. The number of nitrogens with zero attached hydrogens (tertiary/aromatic N) is 4. The number of benzene rings is 9. The van der Waals surface area contributed by atoms with Gasteiger partial charge in [0.25, 0.3) is 0 Å². The van der Waals surface area contributed by atoms with E-state index in [1.165, 1.54) is 38.1 Å². The standard InChI is InChI=1S/C59H38N4O/c1-35-24-28-45-52(32-35)64-58-54(45)48-34-38(39-27-31-51-47(33-39)42-20-10-12-22-49(42)62(51)40-17-6-3-7-18-40)26-29-43(48)53-44-21-11-13-23-50(44)63(57(53)58)59-60-55(37-15-4-2-5-16-37)46-30-25-36-14-8-9-19-41(36)56(46)61-59/h2-31,33-35H,32H2,1H3. The lowest BCUT2D eigenvalue weighted by atomic mass is 9.91. The molecule has 5 nitrogen and oxygen atoms in total. The van der Waals surface area contributed by atoms with Gasteiger partial charge in [-0.05, 0) is 81.7 Å². The largest absolute Gasteiger partial charge is 0.458 e. The van der Waals surface area contributed by atoms with Crippen molar-refractivity contribution in [3.05, 3.63) is 199 Å². The van der Waals surface area contributed by atoms with E-state index in [1.54, 1.807) is 0 Å². The summed E-state index contributed by atoms with van der Waals surface area (Å²) < 4.78 is 11.9. The lowest BCUT2D eigenvalue weighted by Crippen LogP contribution is -2.04. The Kier molecular flexibility index (Phi) is 7.37. The van der Waals surface area contributed by atoms with Gasteiger partial charge in [0.2, 0.25) is 5.95 Å². The first-order chi connectivity index (χ1) is 31.7. The van der Waals surface area contributed by atoms with Crippen LogP contribution >= 0.6 is 0 Å². The predicted octanol–water partition coefficient (Wildman–Crippen LogP) is 15.4. The minimum atomic E-state index is 0.367. The molecule has 1 aliphatic rings.